The predicted octanol–water partition coefficient (Wildman–Crippen LogP) is 0.906. The molecule has 84 valence electrons. The maximum absolute atomic E-state index is 4.16. The minimum Gasteiger partial charge on any atom is -0.309 e. The van der Waals surface area contributed by atoms with Gasteiger partial charge in [0.1, 0.15) is 5.82 Å². The molecule has 0 aliphatic rings. The van der Waals surface area contributed by atoms with Crippen molar-refractivity contribution in [3.8, 4) is 0 Å². The van der Waals surface area contributed by atoms with Crippen LogP contribution in [0.1, 0.15) is 19.2 Å². The molecule has 0 bridgehead atoms. The number of nitrogens with zero attached hydrogens (tertiary/aromatic N) is 3. The second-order valence-electron chi connectivity index (χ2n) is 4.04. The molecule has 15 heavy (non-hydrogen) atoms. The largest absolute Gasteiger partial charge is 0.309 e. The Morgan fingerprint density at radius 3 is 2.60 bits per heavy atom. The van der Waals surface area contributed by atoms with Crippen LogP contribution in [0.15, 0.2) is 18.5 Å². The summed E-state index contributed by atoms with van der Waals surface area (Å²) in [6.45, 7) is 4.03. The Morgan fingerprint density at radius 2 is 2.00 bits per heavy atom. The van der Waals surface area contributed by atoms with E-state index in [1.807, 2.05) is 6.07 Å². The van der Waals surface area contributed by atoms with Gasteiger partial charge in [-0.15, -0.1) is 0 Å². The molecule has 0 aromatic carbocycles. The Labute approximate surface area is 91.7 Å². The Hall–Kier alpha value is -1.00. The van der Waals surface area contributed by atoms with Crippen LogP contribution in [-0.4, -0.2) is 41.5 Å². The van der Waals surface area contributed by atoms with Crippen molar-refractivity contribution < 1.29 is 0 Å². The summed E-state index contributed by atoms with van der Waals surface area (Å²) in [5.74, 6) is 0.856. The molecular weight excluding hydrogens is 188 g/mol. The zero-order chi connectivity index (χ0) is 11.1. The molecule has 0 aliphatic carbocycles. The van der Waals surface area contributed by atoms with Crippen LogP contribution in [-0.2, 0) is 6.54 Å². The summed E-state index contributed by atoms with van der Waals surface area (Å²) in [6.07, 6.45) is 4.68. The van der Waals surface area contributed by atoms with Crippen LogP contribution in [0.5, 0.6) is 0 Å². The van der Waals surface area contributed by atoms with Crippen LogP contribution < -0.4 is 5.32 Å². The van der Waals surface area contributed by atoms with E-state index in [1.54, 1.807) is 12.4 Å². The van der Waals surface area contributed by atoms with Gasteiger partial charge in [0, 0.05) is 18.4 Å². The molecule has 0 radical (unpaired) electrons. The van der Waals surface area contributed by atoms with E-state index in [1.165, 1.54) is 0 Å². The van der Waals surface area contributed by atoms with E-state index in [0.717, 1.165) is 25.3 Å². The van der Waals surface area contributed by atoms with Crippen LogP contribution in [0, 0.1) is 0 Å². The summed E-state index contributed by atoms with van der Waals surface area (Å²) in [5, 5.41) is 3.40. The van der Waals surface area contributed by atoms with Crippen molar-refractivity contribution in [2.45, 2.75) is 25.9 Å². The van der Waals surface area contributed by atoms with E-state index >= 15 is 0 Å². The molecule has 0 aliphatic heterocycles. The van der Waals surface area contributed by atoms with Crippen molar-refractivity contribution in [1.82, 2.24) is 20.2 Å². The maximum atomic E-state index is 4.16. The average molecular weight is 208 g/mol. The minimum absolute atomic E-state index is 0.496. The molecule has 1 aromatic heterocycles. The summed E-state index contributed by atoms with van der Waals surface area (Å²) in [6, 6.07) is 2.33. The molecule has 1 aromatic rings. The van der Waals surface area contributed by atoms with Gasteiger partial charge in [-0.05, 0) is 40.1 Å². The van der Waals surface area contributed by atoms with Crippen LogP contribution >= 0.6 is 0 Å². The Balaban J connectivity index is 2.19. The highest BCUT2D eigenvalue weighted by molar-refractivity contribution is 4.88. The lowest BCUT2D eigenvalue weighted by Crippen LogP contribution is -2.29. The van der Waals surface area contributed by atoms with E-state index in [0.29, 0.717) is 6.04 Å². The van der Waals surface area contributed by atoms with Crippen LogP contribution in [0.3, 0.4) is 0 Å². The first kappa shape index (κ1) is 12.1. The molecule has 1 N–H and O–H groups in total. The SMILES string of the molecule is CC(CCN(C)C)NCc1ncccn1. The zero-order valence-electron chi connectivity index (χ0n) is 9.77. The highest BCUT2D eigenvalue weighted by atomic mass is 15.1. The van der Waals surface area contributed by atoms with Gasteiger partial charge in [-0.25, -0.2) is 9.97 Å². The lowest BCUT2D eigenvalue weighted by atomic mass is 10.2. The van der Waals surface area contributed by atoms with Gasteiger partial charge in [0.25, 0.3) is 0 Å². The third-order valence-electron chi connectivity index (χ3n) is 2.24. The smallest absolute Gasteiger partial charge is 0.141 e. The lowest BCUT2D eigenvalue weighted by Gasteiger charge is -2.16. The fourth-order valence-corrected chi connectivity index (χ4v) is 1.24. The number of nitrogens with one attached hydrogen (secondary N) is 1. The van der Waals surface area contributed by atoms with E-state index in [-0.39, 0.29) is 0 Å². The maximum Gasteiger partial charge on any atom is 0.141 e. The van der Waals surface area contributed by atoms with Crippen molar-refractivity contribution in [2.75, 3.05) is 20.6 Å². The average Bonchev–Trinajstić information content (AvgIpc) is 2.25. The monoisotopic (exact) mass is 208 g/mol. The first-order chi connectivity index (χ1) is 7.18. The molecule has 4 heteroatoms. The van der Waals surface area contributed by atoms with E-state index in [4.69, 9.17) is 0 Å². The zero-order valence-corrected chi connectivity index (χ0v) is 9.77. The predicted molar refractivity (Wildman–Crippen MR) is 61.5 cm³/mol. The van der Waals surface area contributed by atoms with Crippen LogP contribution in [0.25, 0.3) is 0 Å². The van der Waals surface area contributed by atoms with Gasteiger partial charge in [0.2, 0.25) is 0 Å². The highest BCUT2D eigenvalue weighted by Gasteiger charge is 2.02. The highest BCUT2D eigenvalue weighted by Crippen LogP contribution is 1.94. The van der Waals surface area contributed by atoms with Gasteiger partial charge in [0.15, 0.2) is 0 Å². The van der Waals surface area contributed by atoms with Gasteiger partial charge in [0.05, 0.1) is 6.54 Å². The van der Waals surface area contributed by atoms with Crippen molar-refractivity contribution >= 4 is 0 Å². The summed E-state index contributed by atoms with van der Waals surface area (Å²) < 4.78 is 0. The van der Waals surface area contributed by atoms with E-state index < -0.39 is 0 Å². The Bertz CT molecular complexity index is 261. The number of aromatic nitrogens is 2. The molecule has 0 fully saturated rings. The standard InChI is InChI=1S/C11H20N4/c1-10(5-8-15(2)3)14-9-11-12-6-4-7-13-11/h4,6-7,10,14H,5,8-9H2,1-3H3. The molecule has 0 amide bonds. The first-order valence-electron chi connectivity index (χ1n) is 5.32. The quantitative estimate of drug-likeness (QED) is 0.754. The lowest BCUT2D eigenvalue weighted by molar-refractivity contribution is 0.364. The van der Waals surface area contributed by atoms with Crippen molar-refractivity contribution in [3.05, 3.63) is 24.3 Å². The summed E-state index contributed by atoms with van der Waals surface area (Å²) in [7, 11) is 4.18. The molecule has 1 rings (SSSR count). The number of hydrogen-bond acceptors (Lipinski definition) is 4. The van der Waals surface area contributed by atoms with E-state index in [9.17, 15) is 0 Å². The molecule has 0 saturated heterocycles. The van der Waals surface area contributed by atoms with E-state index in [2.05, 4.69) is 41.2 Å². The number of hydrogen-bond donors (Lipinski definition) is 1. The Morgan fingerprint density at radius 1 is 1.33 bits per heavy atom. The van der Waals surface area contributed by atoms with Gasteiger partial charge >= 0.3 is 0 Å². The normalized spacial score (nSPS) is 13.1. The van der Waals surface area contributed by atoms with Gasteiger partial charge < -0.3 is 10.2 Å². The molecule has 0 saturated carbocycles. The van der Waals surface area contributed by atoms with Crippen molar-refractivity contribution in [3.63, 3.8) is 0 Å². The molecule has 4 nitrogen and oxygen atoms in total. The summed E-state index contributed by atoms with van der Waals surface area (Å²) in [5.41, 5.74) is 0. The molecule has 1 heterocycles. The second kappa shape index (κ2) is 6.48. The summed E-state index contributed by atoms with van der Waals surface area (Å²) >= 11 is 0. The fraction of sp³-hybridized carbons (Fsp3) is 0.636. The van der Waals surface area contributed by atoms with Crippen LogP contribution in [0.2, 0.25) is 0 Å². The molecule has 1 unspecified atom stereocenters. The third kappa shape index (κ3) is 5.44. The van der Waals surface area contributed by atoms with Crippen molar-refractivity contribution in [1.29, 1.82) is 0 Å². The number of rotatable bonds is 6. The first-order valence-corrected chi connectivity index (χ1v) is 5.32. The van der Waals surface area contributed by atoms with Gasteiger partial charge in [-0.3, -0.25) is 0 Å². The molecule has 0 spiro atoms. The van der Waals surface area contributed by atoms with Crippen molar-refractivity contribution in [2.24, 2.45) is 0 Å². The summed E-state index contributed by atoms with van der Waals surface area (Å²) in [4.78, 5) is 10.5. The second-order valence-corrected chi connectivity index (χ2v) is 4.04. The third-order valence-corrected chi connectivity index (χ3v) is 2.24. The Kier molecular flexibility index (Phi) is 5.21. The fourth-order valence-electron chi connectivity index (χ4n) is 1.24. The van der Waals surface area contributed by atoms with Crippen LogP contribution in [0.4, 0.5) is 0 Å². The van der Waals surface area contributed by atoms with Gasteiger partial charge in [-0.1, -0.05) is 0 Å². The topological polar surface area (TPSA) is 41.0 Å². The molecular formula is C11H20N4. The minimum atomic E-state index is 0.496. The molecule has 1 atom stereocenters. The van der Waals surface area contributed by atoms with Gasteiger partial charge in [-0.2, -0.15) is 0 Å².